The van der Waals surface area contributed by atoms with Crippen molar-refractivity contribution in [3.8, 4) is 11.8 Å². The van der Waals surface area contributed by atoms with E-state index < -0.39 is 26.5 Å². The van der Waals surface area contributed by atoms with Crippen molar-refractivity contribution < 1.29 is 21.6 Å². The molecule has 0 saturated carbocycles. The molecule has 2 aromatic rings. The number of hydrogen-bond donors (Lipinski definition) is 0. The molecule has 0 atom stereocenters. The molecule has 0 aromatic heterocycles. The van der Waals surface area contributed by atoms with Gasteiger partial charge in [-0.3, -0.25) is 0 Å². The minimum absolute atomic E-state index is 0.203. The van der Waals surface area contributed by atoms with Gasteiger partial charge in [0.25, 0.3) is 0 Å². The van der Waals surface area contributed by atoms with Gasteiger partial charge in [-0.25, -0.2) is 8.42 Å². The molecule has 0 aliphatic carbocycles. The van der Waals surface area contributed by atoms with Crippen LogP contribution in [0.1, 0.15) is 12.5 Å². The molecule has 0 spiro atoms. The van der Waals surface area contributed by atoms with Crippen LogP contribution in [0.4, 0.5) is 13.2 Å². The van der Waals surface area contributed by atoms with Crippen molar-refractivity contribution in [2.75, 3.05) is 0 Å². The zero-order valence-corrected chi connectivity index (χ0v) is 13.4. The van der Waals surface area contributed by atoms with Gasteiger partial charge >= 0.3 is 6.18 Å². The monoisotopic (exact) mass is 350 g/mol. The summed E-state index contributed by atoms with van der Waals surface area (Å²) in [5, 5.41) is 0. The first-order chi connectivity index (χ1) is 11.2. The third-order valence-electron chi connectivity index (χ3n) is 3.20. The van der Waals surface area contributed by atoms with E-state index in [2.05, 4.69) is 5.92 Å². The smallest absolute Gasteiger partial charge is 0.219 e. The highest BCUT2D eigenvalue weighted by molar-refractivity contribution is 7.95. The summed E-state index contributed by atoms with van der Waals surface area (Å²) in [6.45, 7) is 0.921. The average Bonchev–Trinajstić information content (AvgIpc) is 2.55. The lowest BCUT2D eigenvalue weighted by molar-refractivity contribution is -0.0875. The third kappa shape index (κ3) is 4.06. The lowest BCUT2D eigenvalue weighted by Crippen LogP contribution is -2.16. The molecule has 0 fully saturated rings. The van der Waals surface area contributed by atoms with Gasteiger partial charge in [-0.2, -0.15) is 13.2 Å². The van der Waals surface area contributed by atoms with Gasteiger partial charge in [-0.1, -0.05) is 48.2 Å². The normalized spacial score (nSPS) is 12.8. The molecule has 0 amide bonds. The Labute approximate surface area is 138 Å². The molecule has 0 aliphatic heterocycles. The van der Waals surface area contributed by atoms with Crippen molar-refractivity contribution in [1.29, 1.82) is 0 Å². The fourth-order valence-electron chi connectivity index (χ4n) is 1.93. The van der Waals surface area contributed by atoms with E-state index in [4.69, 9.17) is 0 Å². The maximum Gasteiger partial charge on any atom is 0.425 e. The lowest BCUT2D eigenvalue weighted by Gasteiger charge is -2.11. The maximum atomic E-state index is 13.3. The van der Waals surface area contributed by atoms with Crippen LogP contribution in [0.5, 0.6) is 0 Å². The predicted octanol–water partition coefficient (Wildman–Crippen LogP) is 4.35. The van der Waals surface area contributed by atoms with Gasteiger partial charge in [0.05, 0.1) is 9.80 Å². The molecule has 2 nitrogen and oxygen atoms in total. The highest BCUT2D eigenvalue weighted by atomic mass is 32.2. The van der Waals surface area contributed by atoms with Crippen LogP contribution in [-0.2, 0) is 9.84 Å². The van der Waals surface area contributed by atoms with Crippen LogP contribution in [0.25, 0.3) is 0 Å². The Kier molecular flexibility index (Phi) is 5.15. The summed E-state index contributed by atoms with van der Waals surface area (Å²) in [6, 6.07) is 15.0. The Balaban J connectivity index is 2.59. The molecule has 0 saturated heterocycles. The van der Waals surface area contributed by atoms with Crippen molar-refractivity contribution in [3.63, 3.8) is 0 Å². The standard InChI is InChI=1S/C18H13F3O2S/c1-14(24(22,23)16-10-6-3-7-11-16)17(18(19,20)21)13-12-15-8-4-2-5-9-15/h2-11H,1H3/b17-14+. The van der Waals surface area contributed by atoms with Gasteiger partial charge < -0.3 is 0 Å². The number of halogens is 3. The second kappa shape index (κ2) is 6.93. The summed E-state index contributed by atoms with van der Waals surface area (Å²) < 4.78 is 64.7. The molecular weight excluding hydrogens is 337 g/mol. The Morgan fingerprint density at radius 1 is 0.917 bits per heavy atom. The van der Waals surface area contributed by atoms with E-state index in [0.29, 0.717) is 5.56 Å². The van der Waals surface area contributed by atoms with Crippen LogP contribution in [0.2, 0.25) is 0 Å². The fraction of sp³-hybridized carbons (Fsp3) is 0.111. The zero-order chi connectivity index (χ0) is 17.8. The number of benzene rings is 2. The second-order valence-corrected chi connectivity index (χ2v) is 6.95. The van der Waals surface area contributed by atoms with E-state index in [-0.39, 0.29) is 4.90 Å². The van der Waals surface area contributed by atoms with E-state index in [9.17, 15) is 21.6 Å². The lowest BCUT2D eigenvalue weighted by atomic mass is 10.2. The van der Waals surface area contributed by atoms with Crippen LogP contribution in [0, 0.1) is 11.8 Å². The summed E-state index contributed by atoms with van der Waals surface area (Å²) in [5.41, 5.74) is -1.00. The van der Waals surface area contributed by atoms with Crippen LogP contribution >= 0.6 is 0 Å². The van der Waals surface area contributed by atoms with E-state index in [1.165, 1.54) is 24.3 Å². The summed E-state index contributed by atoms with van der Waals surface area (Å²) in [5.74, 6) is 4.34. The Morgan fingerprint density at radius 2 is 1.42 bits per heavy atom. The number of allylic oxidation sites excluding steroid dienone is 2. The van der Waals surface area contributed by atoms with Crippen molar-refractivity contribution >= 4 is 9.84 Å². The average molecular weight is 350 g/mol. The Morgan fingerprint density at radius 3 is 1.92 bits per heavy atom. The zero-order valence-electron chi connectivity index (χ0n) is 12.6. The van der Waals surface area contributed by atoms with Crippen LogP contribution in [-0.4, -0.2) is 14.6 Å². The largest absolute Gasteiger partial charge is 0.425 e. The third-order valence-corrected chi connectivity index (χ3v) is 5.10. The van der Waals surface area contributed by atoms with Gasteiger partial charge in [0.1, 0.15) is 5.57 Å². The highest BCUT2D eigenvalue weighted by Gasteiger charge is 2.38. The van der Waals surface area contributed by atoms with Crippen molar-refractivity contribution in [1.82, 2.24) is 0 Å². The fourth-order valence-corrected chi connectivity index (χ4v) is 3.23. The first-order valence-electron chi connectivity index (χ1n) is 6.88. The van der Waals surface area contributed by atoms with Crippen molar-refractivity contribution in [2.24, 2.45) is 0 Å². The number of rotatable bonds is 2. The summed E-state index contributed by atoms with van der Waals surface area (Å²) in [4.78, 5) is -1.02. The molecule has 0 unspecified atom stereocenters. The summed E-state index contributed by atoms with van der Waals surface area (Å²) >= 11 is 0. The number of alkyl halides is 3. The molecule has 0 bridgehead atoms. The van der Waals surface area contributed by atoms with Gasteiger partial charge in [-0.05, 0) is 31.2 Å². The predicted molar refractivity (Wildman–Crippen MR) is 85.7 cm³/mol. The molecule has 0 radical (unpaired) electrons. The van der Waals surface area contributed by atoms with Crippen LogP contribution in [0.15, 0.2) is 76.0 Å². The molecule has 0 aliphatic rings. The number of sulfone groups is 1. The first kappa shape index (κ1) is 17.8. The molecule has 24 heavy (non-hydrogen) atoms. The molecule has 0 heterocycles. The van der Waals surface area contributed by atoms with Gasteiger partial charge in [0, 0.05) is 5.56 Å². The maximum absolute atomic E-state index is 13.3. The van der Waals surface area contributed by atoms with Gasteiger partial charge in [0.2, 0.25) is 9.84 Å². The van der Waals surface area contributed by atoms with E-state index in [0.717, 1.165) is 6.92 Å². The molecule has 124 valence electrons. The Hall–Kier alpha value is -2.52. The van der Waals surface area contributed by atoms with Crippen molar-refractivity contribution in [2.45, 2.75) is 18.0 Å². The van der Waals surface area contributed by atoms with Crippen LogP contribution < -0.4 is 0 Å². The Bertz CT molecular complexity index is 901. The SMILES string of the molecule is C/C(=C(/C#Cc1ccccc1)C(F)(F)F)S(=O)(=O)c1ccccc1. The summed E-state index contributed by atoms with van der Waals surface area (Å²) in [6.07, 6.45) is -4.87. The van der Waals surface area contributed by atoms with Crippen LogP contribution in [0.3, 0.4) is 0 Å². The van der Waals surface area contributed by atoms with Gasteiger partial charge in [0.15, 0.2) is 0 Å². The number of hydrogen-bond acceptors (Lipinski definition) is 2. The van der Waals surface area contributed by atoms with Gasteiger partial charge in [-0.15, -0.1) is 0 Å². The van der Waals surface area contributed by atoms with E-state index >= 15 is 0 Å². The topological polar surface area (TPSA) is 34.1 Å². The quantitative estimate of drug-likeness (QED) is 0.755. The highest BCUT2D eigenvalue weighted by Crippen LogP contribution is 2.32. The minimum Gasteiger partial charge on any atom is -0.219 e. The second-order valence-electron chi connectivity index (χ2n) is 4.86. The molecule has 6 heteroatoms. The molecule has 0 N–H and O–H groups in total. The van der Waals surface area contributed by atoms with E-state index in [1.807, 2.05) is 5.92 Å². The van der Waals surface area contributed by atoms with Crippen molar-refractivity contribution in [3.05, 3.63) is 76.7 Å². The van der Waals surface area contributed by atoms with E-state index in [1.54, 1.807) is 36.4 Å². The first-order valence-corrected chi connectivity index (χ1v) is 8.36. The molecule has 2 rings (SSSR count). The summed E-state index contributed by atoms with van der Waals surface area (Å²) in [7, 11) is -4.27. The molecule has 2 aromatic carbocycles. The minimum atomic E-state index is -4.87. The molecular formula is C18H13F3O2S.